The average molecular weight is 228 g/mol. The smallest absolute Gasteiger partial charge is 0.308 e. The van der Waals surface area contributed by atoms with Crippen molar-refractivity contribution >= 4 is 11.9 Å². The number of piperidine rings is 1. The zero-order valence-corrected chi connectivity index (χ0v) is 9.66. The van der Waals surface area contributed by atoms with Crippen LogP contribution in [0.2, 0.25) is 0 Å². The van der Waals surface area contributed by atoms with Crippen LogP contribution in [0.5, 0.6) is 0 Å². The van der Waals surface area contributed by atoms with Gasteiger partial charge in [0, 0.05) is 6.54 Å². The highest BCUT2D eigenvalue weighted by Gasteiger charge is 2.22. The van der Waals surface area contributed by atoms with E-state index in [0.717, 1.165) is 25.8 Å². The monoisotopic (exact) mass is 228 g/mol. The molecule has 5 heteroatoms. The summed E-state index contributed by atoms with van der Waals surface area (Å²) in [6.45, 7) is 2.90. The summed E-state index contributed by atoms with van der Waals surface area (Å²) in [6.07, 6.45) is 3.54. The second-order valence-electron chi connectivity index (χ2n) is 4.19. The van der Waals surface area contributed by atoms with E-state index in [2.05, 4.69) is 10.6 Å². The molecule has 0 spiro atoms. The Morgan fingerprint density at radius 3 is 2.75 bits per heavy atom. The molecule has 0 aromatic carbocycles. The van der Waals surface area contributed by atoms with Gasteiger partial charge in [0.1, 0.15) is 0 Å². The summed E-state index contributed by atoms with van der Waals surface area (Å²) in [4.78, 5) is 22.4. The Hall–Kier alpha value is -1.10. The average Bonchev–Trinajstić information content (AvgIpc) is 2.30. The van der Waals surface area contributed by atoms with E-state index in [4.69, 9.17) is 5.11 Å². The Morgan fingerprint density at radius 2 is 2.25 bits per heavy atom. The molecule has 0 saturated carbocycles. The fourth-order valence-corrected chi connectivity index (χ4v) is 1.83. The Kier molecular flexibility index (Phi) is 5.25. The molecule has 1 fully saturated rings. The first-order valence-corrected chi connectivity index (χ1v) is 5.89. The summed E-state index contributed by atoms with van der Waals surface area (Å²) < 4.78 is 0. The number of carboxylic acids is 1. The Morgan fingerprint density at radius 1 is 1.50 bits per heavy atom. The van der Waals surface area contributed by atoms with Gasteiger partial charge in [-0.1, -0.05) is 13.3 Å². The van der Waals surface area contributed by atoms with E-state index in [1.165, 1.54) is 0 Å². The Balaban J connectivity index is 2.30. The van der Waals surface area contributed by atoms with E-state index in [1.807, 2.05) is 6.92 Å². The molecule has 0 radical (unpaired) electrons. The van der Waals surface area contributed by atoms with Crippen molar-refractivity contribution in [2.75, 3.05) is 13.1 Å². The molecule has 16 heavy (non-hydrogen) atoms. The number of rotatable bonds is 5. The van der Waals surface area contributed by atoms with Crippen LogP contribution < -0.4 is 10.6 Å². The third-order valence-electron chi connectivity index (χ3n) is 2.99. The lowest BCUT2D eigenvalue weighted by atomic mass is 10.0. The van der Waals surface area contributed by atoms with Crippen LogP contribution in [-0.2, 0) is 9.59 Å². The van der Waals surface area contributed by atoms with Crippen LogP contribution in [0.4, 0.5) is 0 Å². The highest BCUT2D eigenvalue weighted by atomic mass is 16.4. The molecule has 0 aromatic rings. The molecule has 2 atom stereocenters. The number of carboxylic acid groups (broad SMARTS) is 1. The standard InChI is InChI=1S/C11H20N2O3/c1-2-8(11(15)16)7-13-10(14)9-5-3-4-6-12-9/h8-9,12H,2-7H2,1H3,(H,13,14)(H,15,16). The van der Waals surface area contributed by atoms with Crippen LogP contribution in [0, 0.1) is 5.92 Å². The van der Waals surface area contributed by atoms with Crippen molar-refractivity contribution in [2.45, 2.75) is 38.6 Å². The van der Waals surface area contributed by atoms with Crippen molar-refractivity contribution in [3.63, 3.8) is 0 Å². The summed E-state index contributed by atoms with van der Waals surface area (Å²) in [5.41, 5.74) is 0. The van der Waals surface area contributed by atoms with E-state index in [1.54, 1.807) is 0 Å². The molecule has 1 saturated heterocycles. The normalized spacial score (nSPS) is 22.4. The third kappa shape index (κ3) is 3.81. The number of hydrogen-bond acceptors (Lipinski definition) is 3. The van der Waals surface area contributed by atoms with Crippen LogP contribution in [0.3, 0.4) is 0 Å². The predicted molar refractivity (Wildman–Crippen MR) is 60.1 cm³/mol. The molecule has 92 valence electrons. The topological polar surface area (TPSA) is 78.4 Å². The summed E-state index contributed by atoms with van der Waals surface area (Å²) in [6, 6.07) is -0.139. The van der Waals surface area contributed by atoms with Crippen molar-refractivity contribution in [2.24, 2.45) is 5.92 Å². The molecule has 1 heterocycles. The van der Waals surface area contributed by atoms with Gasteiger partial charge in [0.25, 0.3) is 0 Å². The number of hydrogen-bond donors (Lipinski definition) is 3. The summed E-state index contributed by atoms with van der Waals surface area (Å²) in [7, 11) is 0. The second kappa shape index (κ2) is 6.48. The maximum absolute atomic E-state index is 11.7. The van der Waals surface area contributed by atoms with E-state index < -0.39 is 11.9 Å². The largest absolute Gasteiger partial charge is 0.481 e. The van der Waals surface area contributed by atoms with Gasteiger partial charge in [-0.05, 0) is 25.8 Å². The van der Waals surface area contributed by atoms with Crippen LogP contribution in [0.25, 0.3) is 0 Å². The Bertz CT molecular complexity index is 250. The molecule has 1 aliphatic rings. The van der Waals surface area contributed by atoms with Gasteiger partial charge in [-0.15, -0.1) is 0 Å². The molecule has 1 rings (SSSR count). The number of carbonyl (C=O) groups is 2. The number of carbonyl (C=O) groups excluding carboxylic acids is 1. The molecule has 5 nitrogen and oxygen atoms in total. The molecule has 0 bridgehead atoms. The maximum atomic E-state index is 11.7. The molecule has 1 amide bonds. The molecular formula is C11H20N2O3. The van der Waals surface area contributed by atoms with Crippen molar-refractivity contribution in [3.8, 4) is 0 Å². The van der Waals surface area contributed by atoms with Gasteiger partial charge in [0.05, 0.1) is 12.0 Å². The van der Waals surface area contributed by atoms with Crippen molar-refractivity contribution in [1.82, 2.24) is 10.6 Å². The summed E-state index contributed by atoms with van der Waals surface area (Å²) in [5, 5.41) is 14.7. The lowest BCUT2D eigenvalue weighted by molar-refractivity contribution is -0.141. The molecule has 1 aliphatic heterocycles. The minimum Gasteiger partial charge on any atom is -0.481 e. The fourth-order valence-electron chi connectivity index (χ4n) is 1.83. The Labute approximate surface area is 95.6 Å². The van der Waals surface area contributed by atoms with Crippen LogP contribution in [0.1, 0.15) is 32.6 Å². The first-order chi connectivity index (χ1) is 7.65. The number of amides is 1. The quantitative estimate of drug-likeness (QED) is 0.634. The van der Waals surface area contributed by atoms with Gasteiger partial charge in [-0.25, -0.2) is 0 Å². The van der Waals surface area contributed by atoms with Gasteiger partial charge in [0.2, 0.25) is 5.91 Å². The van der Waals surface area contributed by atoms with Gasteiger partial charge in [-0.3, -0.25) is 9.59 Å². The van der Waals surface area contributed by atoms with Crippen LogP contribution >= 0.6 is 0 Å². The molecule has 0 aliphatic carbocycles. The van der Waals surface area contributed by atoms with E-state index in [-0.39, 0.29) is 18.5 Å². The molecule has 2 unspecified atom stereocenters. The molecule has 0 aromatic heterocycles. The fraction of sp³-hybridized carbons (Fsp3) is 0.818. The van der Waals surface area contributed by atoms with Crippen molar-refractivity contribution in [3.05, 3.63) is 0 Å². The maximum Gasteiger partial charge on any atom is 0.308 e. The van der Waals surface area contributed by atoms with Crippen molar-refractivity contribution in [1.29, 1.82) is 0 Å². The number of aliphatic carboxylic acids is 1. The zero-order valence-electron chi connectivity index (χ0n) is 9.66. The lowest BCUT2D eigenvalue weighted by Gasteiger charge is -2.23. The van der Waals surface area contributed by atoms with E-state index in [9.17, 15) is 9.59 Å². The van der Waals surface area contributed by atoms with Gasteiger partial charge in [0.15, 0.2) is 0 Å². The van der Waals surface area contributed by atoms with E-state index >= 15 is 0 Å². The van der Waals surface area contributed by atoms with Crippen LogP contribution in [0.15, 0.2) is 0 Å². The summed E-state index contributed by atoms with van der Waals surface area (Å²) >= 11 is 0. The molecule has 3 N–H and O–H groups in total. The predicted octanol–water partition coefficient (Wildman–Crippen LogP) is 0.356. The summed E-state index contributed by atoms with van der Waals surface area (Å²) in [5.74, 6) is -1.40. The first-order valence-electron chi connectivity index (χ1n) is 5.89. The highest BCUT2D eigenvalue weighted by Crippen LogP contribution is 2.07. The van der Waals surface area contributed by atoms with Gasteiger partial charge in [-0.2, -0.15) is 0 Å². The van der Waals surface area contributed by atoms with Gasteiger partial charge < -0.3 is 15.7 Å². The van der Waals surface area contributed by atoms with Crippen LogP contribution in [-0.4, -0.2) is 36.1 Å². The first kappa shape index (κ1) is 13.0. The number of nitrogens with one attached hydrogen (secondary N) is 2. The van der Waals surface area contributed by atoms with Crippen molar-refractivity contribution < 1.29 is 14.7 Å². The minimum atomic E-state index is -0.848. The second-order valence-corrected chi connectivity index (χ2v) is 4.19. The van der Waals surface area contributed by atoms with E-state index in [0.29, 0.717) is 6.42 Å². The lowest BCUT2D eigenvalue weighted by Crippen LogP contribution is -2.48. The third-order valence-corrected chi connectivity index (χ3v) is 2.99. The highest BCUT2D eigenvalue weighted by molar-refractivity contribution is 5.82. The zero-order chi connectivity index (χ0) is 12.0. The van der Waals surface area contributed by atoms with Gasteiger partial charge >= 0.3 is 5.97 Å². The minimum absolute atomic E-state index is 0.0700. The molecular weight excluding hydrogens is 208 g/mol. The SMILES string of the molecule is CCC(CNC(=O)C1CCCCN1)C(=O)O.